The molecule has 0 amide bonds. The molecule has 1 unspecified atom stereocenters. The van der Waals surface area contributed by atoms with Gasteiger partial charge in [-0.25, -0.2) is 4.98 Å². The highest BCUT2D eigenvalue weighted by atomic mass is 35.5. The van der Waals surface area contributed by atoms with Gasteiger partial charge in [0.15, 0.2) is 0 Å². The number of benzene rings is 2. The topological polar surface area (TPSA) is 87.5 Å². The van der Waals surface area contributed by atoms with Gasteiger partial charge in [-0.2, -0.15) is 11.8 Å². The minimum Gasteiger partial charge on any atom is -0.481 e. The van der Waals surface area contributed by atoms with Gasteiger partial charge in [-0.05, 0) is 48.2 Å². The predicted molar refractivity (Wildman–Crippen MR) is 136 cm³/mol. The van der Waals surface area contributed by atoms with E-state index in [1.165, 1.54) is 0 Å². The van der Waals surface area contributed by atoms with Gasteiger partial charge in [0, 0.05) is 27.8 Å². The van der Waals surface area contributed by atoms with Crippen LogP contribution in [0.25, 0.3) is 23.1 Å². The van der Waals surface area contributed by atoms with Crippen molar-refractivity contribution in [2.45, 2.75) is 37.4 Å². The van der Waals surface area contributed by atoms with Gasteiger partial charge >= 0.3 is 11.9 Å². The summed E-state index contributed by atoms with van der Waals surface area (Å²) >= 11 is 7.69. The van der Waals surface area contributed by atoms with Crippen molar-refractivity contribution in [1.82, 2.24) is 4.98 Å². The van der Waals surface area contributed by atoms with Crippen LogP contribution in [0.15, 0.2) is 54.6 Å². The Hall–Kier alpha value is -2.83. The lowest BCUT2D eigenvalue weighted by atomic mass is 10.0. The lowest BCUT2D eigenvalue weighted by Gasteiger charge is -2.17. The minimum atomic E-state index is -0.812. The van der Waals surface area contributed by atoms with Crippen LogP contribution in [0.2, 0.25) is 5.02 Å². The van der Waals surface area contributed by atoms with Gasteiger partial charge in [0.25, 0.3) is 0 Å². The lowest BCUT2D eigenvalue weighted by molar-refractivity contribution is -0.137. The van der Waals surface area contributed by atoms with Crippen molar-refractivity contribution in [3.8, 4) is 0 Å². The summed E-state index contributed by atoms with van der Waals surface area (Å²) in [5.41, 5.74) is 3.81. The second-order valence-electron chi connectivity index (χ2n) is 7.72. The molecule has 0 radical (unpaired) electrons. The second kappa shape index (κ2) is 12.4. The van der Waals surface area contributed by atoms with E-state index < -0.39 is 11.9 Å². The van der Waals surface area contributed by atoms with Crippen molar-refractivity contribution in [3.63, 3.8) is 0 Å². The van der Waals surface area contributed by atoms with Crippen LogP contribution in [-0.4, -0.2) is 32.9 Å². The Morgan fingerprint density at radius 2 is 1.76 bits per heavy atom. The van der Waals surface area contributed by atoms with Crippen molar-refractivity contribution >= 4 is 58.4 Å². The molecule has 2 N–H and O–H groups in total. The molecule has 1 atom stereocenters. The van der Waals surface area contributed by atoms with E-state index in [9.17, 15) is 9.59 Å². The lowest BCUT2D eigenvalue weighted by Crippen LogP contribution is -2.01. The zero-order chi connectivity index (χ0) is 23.6. The number of thioether (sulfide) groups is 1. The van der Waals surface area contributed by atoms with E-state index in [4.69, 9.17) is 21.8 Å². The van der Waals surface area contributed by atoms with Crippen LogP contribution in [0.4, 0.5) is 0 Å². The Kier molecular flexibility index (Phi) is 9.34. The van der Waals surface area contributed by atoms with Crippen LogP contribution in [0.1, 0.15) is 54.2 Å². The van der Waals surface area contributed by atoms with Gasteiger partial charge < -0.3 is 10.2 Å². The first-order valence-electron chi connectivity index (χ1n) is 10.8. The van der Waals surface area contributed by atoms with Crippen LogP contribution < -0.4 is 0 Å². The highest BCUT2D eigenvalue weighted by Crippen LogP contribution is 2.35. The van der Waals surface area contributed by atoms with E-state index in [1.54, 1.807) is 11.8 Å². The van der Waals surface area contributed by atoms with E-state index >= 15 is 0 Å². The molecule has 7 heteroatoms. The third kappa shape index (κ3) is 8.22. The van der Waals surface area contributed by atoms with Crippen LogP contribution in [0, 0.1) is 0 Å². The normalized spacial score (nSPS) is 12.3. The number of unbranched alkanes of at least 4 members (excludes halogenated alkanes) is 1. The molecule has 172 valence electrons. The molecule has 0 aliphatic heterocycles. The molecular weight excluding hydrogens is 458 g/mol. The average Bonchev–Trinajstić information content (AvgIpc) is 2.78. The molecule has 3 aromatic rings. The molecule has 1 aromatic heterocycles. The number of carboxylic acid groups (broad SMARTS) is 2. The number of hydrogen-bond donors (Lipinski definition) is 2. The van der Waals surface area contributed by atoms with Crippen LogP contribution in [0.3, 0.4) is 0 Å². The van der Waals surface area contributed by atoms with E-state index in [2.05, 4.69) is 11.1 Å². The number of aliphatic carboxylic acids is 2. The Bertz CT molecular complexity index is 1150. The van der Waals surface area contributed by atoms with E-state index in [0.29, 0.717) is 17.2 Å². The molecular formula is C26H26ClNO4S. The van der Waals surface area contributed by atoms with Crippen molar-refractivity contribution in [3.05, 3.63) is 76.4 Å². The summed E-state index contributed by atoms with van der Waals surface area (Å²) in [7, 11) is 0. The fourth-order valence-electron chi connectivity index (χ4n) is 3.48. The number of nitrogens with zero attached hydrogens (tertiary/aromatic N) is 1. The summed E-state index contributed by atoms with van der Waals surface area (Å²) in [5.74, 6) is -1.09. The molecule has 33 heavy (non-hydrogen) atoms. The smallest absolute Gasteiger partial charge is 0.304 e. The van der Waals surface area contributed by atoms with Crippen molar-refractivity contribution in [2.75, 3.05) is 5.75 Å². The molecule has 0 saturated carbocycles. The van der Waals surface area contributed by atoms with Crippen LogP contribution in [0.5, 0.6) is 0 Å². The summed E-state index contributed by atoms with van der Waals surface area (Å²) < 4.78 is 0. The number of fused-ring (bicyclic) bond motifs is 1. The molecule has 2 aromatic carbocycles. The molecule has 5 nitrogen and oxygen atoms in total. The van der Waals surface area contributed by atoms with E-state index in [0.717, 1.165) is 40.6 Å². The SMILES string of the molecule is O=C(O)CCCCC(SCCC(=O)O)c1cccc(/C=C/c2ccc3ccc(Cl)cc3n2)c1. The van der Waals surface area contributed by atoms with Crippen molar-refractivity contribution < 1.29 is 19.8 Å². The first kappa shape index (κ1) is 24.8. The Balaban J connectivity index is 1.73. The zero-order valence-corrected chi connectivity index (χ0v) is 19.7. The highest BCUT2D eigenvalue weighted by Gasteiger charge is 2.14. The Morgan fingerprint density at radius 1 is 0.970 bits per heavy atom. The third-order valence-corrected chi connectivity index (χ3v) is 6.73. The molecule has 0 bridgehead atoms. The fourth-order valence-corrected chi connectivity index (χ4v) is 4.90. The summed E-state index contributed by atoms with van der Waals surface area (Å²) in [4.78, 5) is 26.4. The van der Waals surface area contributed by atoms with Gasteiger partial charge in [-0.15, -0.1) is 0 Å². The second-order valence-corrected chi connectivity index (χ2v) is 9.47. The largest absolute Gasteiger partial charge is 0.481 e. The molecule has 0 spiro atoms. The average molecular weight is 484 g/mol. The Morgan fingerprint density at radius 3 is 2.55 bits per heavy atom. The fraction of sp³-hybridized carbons (Fsp3) is 0.269. The maximum atomic E-state index is 10.9. The number of carboxylic acids is 2. The van der Waals surface area contributed by atoms with Crippen LogP contribution in [-0.2, 0) is 9.59 Å². The summed E-state index contributed by atoms with van der Waals surface area (Å²) in [6, 6.07) is 17.8. The standard InChI is InChI=1S/C26H26ClNO4S/c27-21-11-9-19-10-13-22(28-23(19)17-21)12-8-18-4-3-5-20(16-18)24(33-15-14-26(31)32)6-1-2-7-25(29)30/h3-5,8-13,16-17,24H,1-2,6-7,14-15H2,(H,29,30)(H,31,32)/b12-8+. The summed E-state index contributed by atoms with van der Waals surface area (Å²) in [5, 5.41) is 19.6. The molecule has 1 heterocycles. The third-order valence-electron chi connectivity index (χ3n) is 5.15. The molecule has 0 aliphatic carbocycles. The van der Waals surface area contributed by atoms with E-state index in [-0.39, 0.29) is 18.1 Å². The number of carbonyl (C=O) groups is 2. The predicted octanol–water partition coefficient (Wildman–Crippen LogP) is 6.95. The summed E-state index contributed by atoms with van der Waals surface area (Å²) in [6.45, 7) is 0. The van der Waals surface area contributed by atoms with E-state index in [1.807, 2.05) is 60.7 Å². The first-order valence-corrected chi connectivity index (χ1v) is 12.2. The number of aromatic nitrogens is 1. The monoisotopic (exact) mass is 483 g/mol. The van der Waals surface area contributed by atoms with Gasteiger partial charge in [0.2, 0.25) is 0 Å². The molecule has 3 rings (SSSR count). The van der Waals surface area contributed by atoms with Crippen molar-refractivity contribution in [2.24, 2.45) is 0 Å². The van der Waals surface area contributed by atoms with Gasteiger partial charge in [0.1, 0.15) is 0 Å². The molecule has 0 aliphatic rings. The molecule has 0 saturated heterocycles. The zero-order valence-electron chi connectivity index (χ0n) is 18.1. The Labute approximate surface area is 202 Å². The number of pyridine rings is 1. The maximum Gasteiger partial charge on any atom is 0.304 e. The van der Waals surface area contributed by atoms with Gasteiger partial charge in [-0.3, -0.25) is 9.59 Å². The maximum absolute atomic E-state index is 10.9. The van der Waals surface area contributed by atoms with Crippen LogP contribution >= 0.6 is 23.4 Å². The number of halogens is 1. The summed E-state index contributed by atoms with van der Waals surface area (Å²) in [6.07, 6.45) is 6.41. The number of rotatable bonds is 12. The molecule has 0 fully saturated rings. The minimum absolute atomic E-state index is 0.105. The van der Waals surface area contributed by atoms with Gasteiger partial charge in [-0.1, -0.05) is 60.5 Å². The van der Waals surface area contributed by atoms with Gasteiger partial charge in [0.05, 0.1) is 17.6 Å². The number of hydrogen-bond acceptors (Lipinski definition) is 4. The quantitative estimate of drug-likeness (QED) is 0.271. The van der Waals surface area contributed by atoms with Crippen molar-refractivity contribution in [1.29, 1.82) is 0 Å². The first-order chi connectivity index (χ1) is 15.9. The highest BCUT2D eigenvalue weighted by molar-refractivity contribution is 7.99.